The number of amides is 1. The summed E-state index contributed by atoms with van der Waals surface area (Å²) in [6.45, 7) is 11.7. The largest absolute Gasteiger partial charge is 0.356 e. The average molecular weight is 399 g/mol. The summed E-state index contributed by atoms with van der Waals surface area (Å²) in [6.07, 6.45) is 6.64. The van der Waals surface area contributed by atoms with E-state index in [1.54, 1.807) is 17.5 Å². The van der Waals surface area contributed by atoms with Gasteiger partial charge in [-0.2, -0.15) is 4.99 Å². The topological polar surface area (TPSA) is 50.5 Å². The molecule has 150 valence electrons. The van der Waals surface area contributed by atoms with Crippen LogP contribution in [0.15, 0.2) is 23.3 Å². The molecule has 0 N–H and O–H groups in total. The number of rotatable bonds is 4. The van der Waals surface area contributed by atoms with Crippen molar-refractivity contribution in [3.05, 3.63) is 39.3 Å². The van der Waals surface area contributed by atoms with Crippen LogP contribution in [0.5, 0.6) is 0 Å². The first-order chi connectivity index (χ1) is 13.3. The van der Waals surface area contributed by atoms with Gasteiger partial charge in [0.05, 0.1) is 5.56 Å². The van der Waals surface area contributed by atoms with Gasteiger partial charge in [-0.25, -0.2) is 4.98 Å². The van der Waals surface area contributed by atoms with Gasteiger partial charge in [-0.05, 0) is 56.1 Å². The zero-order valence-electron chi connectivity index (χ0n) is 17.4. The Morgan fingerprint density at radius 1 is 1.29 bits per heavy atom. The molecule has 1 aliphatic heterocycles. The molecule has 1 saturated heterocycles. The van der Waals surface area contributed by atoms with Gasteiger partial charge >= 0.3 is 0 Å². The lowest BCUT2D eigenvalue weighted by Crippen LogP contribution is -2.23. The first-order valence-electron chi connectivity index (χ1n) is 10.3. The number of aromatic nitrogens is 2. The van der Waals surface area contributed by atoms with Crippen LogP contribution in [0.1, 0.15) is 67.4 Å². The molecule has 0 unspecified atom stereocenters. The zero-order chi connectivity index (χ0) is 19.9. The van der Waals surface area contributed by atoms with Gasteiger partial charge in [-0.3, -0.25) is 4.79 Å². The fourth-order valence-electron chi connectivity index (χ4n) is 3.93. The summed E-state index contributed by atoms with van der Waals surface area (Å²) in [5.74, 6) is 1.33. The van der Waals surface area contributed by atoms with Crippen molar-refractivity contribution in [2.24, 2.45) is 10.9 Å². The van der Waals surface area contributed by atoms with Gasteiger partial charge in [0, 0.05) is 36.4 Å². The molecule has 0 radical (unpaired) electrons. The SMILES string of the molecule is Cc1c(C(C)(C)C)sc(=NC(=O)c2cccnc2N2CCCC2)n1CC1CC1. The monoisotopic (exact) mass is 398 g/mol. The molecular formula is C22H30N4OS. The van der Waals surface area contributed by atoms with E-state index in [0.29, 0.717) is 5.56 Å². The van der Waals surface area contributed by atoms with Gasteiger partial charge in [0.2, 0.25) is 0 Å². The molecule has 1 aliphatic carbocycles. The van der Waals surface area contributed by atoms with E-state index in [1.165, 1.54) is 23.4 Å². The minimum absolute atomic E-state index is 0.0475. The van der Waals surface area contributed by atoms with Crippen molar-refractivity contribution in [2.75, 3.05) is 18.0 Å². The molecule has 0 bridgehead atoms. The number of anilines is 1. The van der Waals surface area contributed by atoms with Crippen LogP contribution >= 0.6 is 11.3 Å². The Hall–Kier alpha value is -1.95. The van der Waals surface area contributed by atoms with Crippen LogP contribution in [0.3, 0.4) is 0 Å². The molecule has 2 aliphatic rings. The molecule has 6 heteroatoms. The van der Waals surface area contributed by atoms with Gasteiger partial charge < -0.3 is 9.47 Å². The maximum atomic E-state index is 13.2. The van der Waals surface area contributed by atoms with E-state index >= 15 is 0 Å². The Morgan fingerprint density at radius 2 is 2.00 bits per heavy atom. The summed E-state index contributed by atoms with van der Waals surface area (Å²) < 4.78 is 2.27. The third kappa shape index (κ3) is 3.93. The smallest absolute Gasteiger partial charge is 0.283 e. The molecule has 2 aromatic heterocycles. The van der Waals surface area contributed by atoms with Crippen LogP contribution in [-0.2, 0) is 12.0 Å². The van der Waals surface area contributed by atoms with Crippen LogP contribution in [-0.4, -0.2) is 28.5 Å². The van der Waals surface area contributed by atoms with Gasteiger partial charge in [-0.15, -0.1) is 11.3 Å². The van der Waals surface area contributed by atoms with Crippen LogP contribution in [0.2, 0.25) is 0 Å². The number of thiazole rings is 1. The van der Waals surface area contributed by atoms with Crippen molar-refractivity contribution >= 4 is 23.1 Å². The number of hydrogen-bond donors (Lipinski definition) is 0. The highest BCUT2D eigenvalue weighted by Gasteiger charge is 2.27. The minimum atomic E-state index is -0.179. The minimum Gasteiger partial charge on any atom is -0.356 e. The number of carbonyl (C=O) groups is 1. The van der Waals surface area contributed by atoms with Gasteiger partial charge in [0.15, 0.2) is 4.80 Å². The lowest BCUT2D eigenvalue weighted by molar-refractivity contribution is 0.0998. The molecule has 1 saturated carbocycles. The molecule has 2 aromatic rings. The lowest BCUT2D eigenvalue weighted by atomic mass is 9.93. The first kappa shape index (κ1) is 19.4. The maximum absolute atomic E-state index is 13.2. The standard InChI is InChI=1S/C22H30N4OS/c1-15-18(22(2,3)4)28-21(26(15)14-16-9-10-16)24-20(27)17-8-7-11-23-19(17)25-12-5-6-13-25/h7-8,11,16H,5-6,9-10,12-14H2,1-4H3. The molecule has 5 nitrogen and oxygen atoms in total. The summed E-state index contributed by atoms with van der Waals surface area (Å²) in [7, 11) is 0. The Kier molecular flexibility index (Phi) is 5.17. The van der Waals surface area contributed by atoms with Gasteiger partial charge in [0.25, 0.3) is 5.91 Å². The van der Waals surface area contributed by atoms with E-state index in [1.807, 2.05) is 12.1 Å². The van der Waals surface area contributed by atoms with E-state index in [9.17, 15) is 4.79 Å². The van der Waals surface area contributed by atoms with E-state index in [2.05, 4.69) is 47.1 Å². The molecule has 3 heterocycles. The Balaban J connectivity index is 1.75. The third-order valence-electron chi connectivity index (χ3n) is 5.60. The summed E-state index contributed by atoms with van der Waals surface area (Å²) in [5.41, 5.74) is 1.92. The molecule has 0 aromatic carbocycles. The highest BCUT2D eigenvalue weighted by molar-refractivity contribution is 7.09. The van der Waals surface area contributed by atoms with E-state index in [-0.39, 0.29) is 11.3 Å². The highest BCUT2D eigenvalue weighted by atomic mass is 32.1. The van der Waals surface area contributed by atoms with E-state index < -0.39 is 0 Å². The average Bonchev–Trinajstić information content (AvgIpc) is 3.19. The molecular weight excluding hydrogens is 368 g/mol. The van der Waals surface area contributed by atoms with Crippen molar-refractivity contribution in [2.45, 2.75) is 65.3 Å². The fraction of sp³-hybridized carbons (Fsp3) is 0.591. The number of carbonyl (C=O) groups excluding carboxylic acids is 1. The van der Waals surface area contributed by atoms with E-state index in [4.69, 9.17) is 0 Å². The van der Waals surface area contributed by atoms with Crippen LogP contribution in [0.4, 0.5) is 5.82 Å². The predicted molar refractivity (Wildman–Crippen MR) is 114 cm³/mol. The molecule has 28 heavy (non-hydrogen) atoms. The first-order valence-corrected chi connectivity index (χ1v) is 11.2. The quantitative estimate of drug-likeness (QED) is 0.771. The second-order valence-corrected chi connectivity index (χ2v) is 10.1. The van der Waals surface area contributed by atoms with Crippen molar-refractivity contribution in [1.82, 2.24) is 9.55 Å². The van der Waals surface area contributed by atoms with Gasteiger partial charge in [-0.1, -0.05) is 20.8 Å². The molecule has 0 atom stereocenters. The molecule has 1 amide bonds. The number of hydrogen-bond acceptors (Lipinski definition) is 4. The van der Waals surface area contributed by atoms with Crippen LogP contribution < -0.4 is 9.70 Å². The van der Waals surface area contributed by atoms with Crippen molar-refractivity contribution < 1.29 is 4.79 Å². The summed E-state index contributed by atoms with van der Waals surface area (Å²) >= 11 is 1.67. The summed E-state index contributed by atoms with van der Waals surface area (Å²) in [5, 5.41) is 0. The molecule has 4 rings (SSSR count). The normalized spacial score (nSPS) is 18.1. The van der Waals surface area contributed by atoms with Gasteiger partial charge in [0.1, 0.15) is 5.82 Å². The zero-order valence-corrected chi connectivity index (χ0v) is 18.2. The Bertz CT molecular complexity index is 940. The lowest BCUT2D eigenvalue weighted by Gasteiger charge is -2.18. The Morgan fingerprint density at radius 3 is 2.64 bits per heavy atom. The second kappa shape index (κ2) is 7.47. The highest BCUT2D eigenvalue weighted by Crippen LogP contribution is 2.33. The van der Waals surface area contributed by atoms with E-state index in [0.717, 1.165) is 49.0 Å². The van der Waals surface area contributed by atoms with Crippen molar-refractivity contribution in [3.63, 3.8) is 0 Å². The summed E-state index contributed by atoms with van der Waals surface area (Å²) in [4.78, 5) is 26.6. The third-order valence-corrected chi connectivity index (χ3v) is 7.20. The van der Waals surface area contributed by atoms with Crippen molar-refractivity contribution in [1.29, 1.82) is 0 Å². The Labute approximate surface area is 171 Å². The fourth-order valence-corrected chi connectivity index (χ4v) is 5.13. The molecule has 0 spiro atoms. The predicted octanol–water partition coefficient (Wildman–Crippen LogP) is 4.30. The summed E-state index contributed by atoms with van der Waals surface area (Å²) in [6, 6.07) is 3.70. The van der Waals surface area contributed by atoms with Crippen molar-refractivity contribution in [3.8, 4) is 0 Å². The van der Waals surface area contributed by atoms with Crippen LogP contribution in [0.25, 0.3) is 0 Å². The second-order valence-electron chi connectivity index (χ2n) is 9.09. The van der Waals surface area contributed by atoms with Crippen LogP contribution in [0, 0.1) is 12.8 Å². The number of pyridine rings is 1. The number of nitrogens with zero attached hydrogens (tertiary/aromatic N) is 4. The molecule has 2 fully saturated rings. The maximum Gasteiger partial charge on any atom is 0.283 e.